The first kappa shape index (κ1) is 37.3. The van der Waals surface area contributed by atoms with Crippen LogP contribution in [0.3, 0.4) is 0 Å². The Kier molecular flexibility index (Phi) is 13.9. The maximum atomic E-state index is 14.0. The molecule has 0 aromatic heterocycles. The molecule has 2 atom stereocenters. The zero-order valence-corrected chi connectivity index (χ0v) is 28.6. The molecule has 0 radical (unpaired) electrons. The van der Waals surface area contributed by atoms with Crippen LogP contribution in [0.25, 0.3) is 0 Å². The van der Waals surface area contributed by atoms with Crippen molar-refractivity contribution < 1.29 is 38.1 Å². The molecule has 0 unspecified atom stereocenters. The van der Waals surface area contributed by atoms with Gasteiger partial charge in [0.25, 0.3) is 0 Å². The van der Waals surface area contributed by atoms with Crippen molar-refractivity contribution in [1.82, 2.24) is 4.90 Å². The van der Waals surface area contributed by atoms with Gasteiger partial charge in [0.15, 0.2) is 9.84 Å². The van der Waals surface area contributed by atoms with Gasteiger partial charge in [0.05, 0.1) is 36.4 Å². The van der Waals surface area contributed by atoms with Crippen molar-refractivity contribution in [2.45, 2.75) is 88.6 Å². The van der Waals surface area contributed by atoms with Gasteiger partial charge in [-0.05, 0) is 80.1 Å². The molecular formula is C35H52N2O8S. The third kappa shape index (κ3) is 9.92. The van der Waals surface area contributed by atoms with Gasteiger partial charge in [-0.2, -0.15) is 0 Å². The molecule has 0 saturated heterocycles. The van der Waals surface area contributed by atoms with Gasteiger partial charge in [-0.1, -0.05) is 51.7 Å². The normalized spacial score (nSPS) is 18.5. The van der Waals surface area contributed by atoms with Crippen molar-refractivity contribution in [2.24, 2.45) is 5.41 Å². The topological polar surface area (TPSA) is 145 Å². The number of benzene rings is 2. The van der Waals surface area contributed by atoms with Crippen LogP contribution in [-0.2, 0) is 19.4 Å². The summed E-state index contributed by atoms with van der Waals surface area (Å²) in [5, 5.41) is 30.3. The number of nitrogens with zero attached hydrogens (tertiary/aromatic N) is 2. The summed E-state index contributed by atoms with van der Waals surface area (Å²) in [6.07, 6.45) is 6.01. The highest BCUT2D eigenvalue weighted by molar-refractivity contribution is 7.91. The fourth-order valence-electron chi connectivity index (χ4n) is 6.56. The molecule has 1 aliphatic heterocycles. The van der Waals surface area contributed by atoms with E-state index in [1.165, 1.54) is 4.90 Å². The lowest BCUT2D eigenvalue weighted by molar-refractivity contribution is -0.141. The molecule has 2 aromatic rings. The van der Waals surface area contributed by atoms with Crippen LogP contribution in [0, 0.1) is 5.41 Å². The molecule has 0 aliphatic carbocycles. The zero-order chi connectivity index (χ0) is 33.9. The summed E-state index contributed by atoms with van der Waals surface area (Å²) in [6.45, 7) is 4.38. The number of rotatable bonds is 19. The molecule has 11 heteroatoms. The number of sulfone groups is 1. The highest BCUT2D eigenvalue weighted by atomic mass is 32.2. The van der Waals surface area contributed by atoms with Crippen LogP contribution in [0.2, 0.25) is 0 Å². The van der Waals surface area contributed by atoms with Gasteiger partial charge in [0.1, 0.15) is 5.75 Å². The minimum atomic E-state index is -3.67. The quantitative estimate of drug-likeness (QED) is 0.167. The third-order valence-electron chi connectivity index (χ3n) is 9.00. The monoisotopic (exact) mass is 660 g/mol. The molecule has 1 heterocycles. The van der Waals surface area contributed by atoms with Gasteiger partial charge in [0.2, 0.25) is 0 Å². The maximum Gasteiger partial charge on any atom is 0.317 e. The van der Waals surface area contributed by atoms with Crippen LogP contribution in [0.15, 0.2) is 47.4 Å². The molecule has 46 heavy (non-hydrogen) atoms. The molecule has 0 amide bonds. The number of anilines is 1. The maximum absolute atomic E-state index is 14.0. The number of aliphatic carboxylic acids is 2. The Labute approximate surface area is 274 Å². The molecular weight excluding hydrogens is 608 g/mol. The van der Waals surface area contributed by atoms with Crippen molar-refractivity contribution in [3.8, 4) is 5.75 Å². The summed E-state index contributed by atoms with van der Waals surface area (Å²) in [7, 11) is 0.159. The first-order valence-corrected chi connectivity index (χ1v) is 18.1. The first-order valence-electron chi connectivity index (χ1n) is 16.4. The fourth-order valence-corrected chi connectivity index (χ4v) is 8.75. The van der Waals surface area contributed by atoms with E-state index in [9.17, 15) is 23.1 Å². The number of carboxylic acids is 2. The molecule has 0 saturated carbocycles. The average Bonchev–Trinajstić information content (AvgIpc) is 3.06. The van der Waals surface area contributed by atoms with E-state index >= 15 is 0 Å². The van der Waals surface area contributed by atoms with Gasteiger partial charge < -0.3 is 25.0 Å². The average molecular weight is 661 g/mol. The lowest BCUT2D eigenvalue weighted by Gasteiger charge is -2.40. The van der Waals surface area contributed by atoms with Crippen molar-refractivity contribution in [2.75, 3.05) is 51.0 Å². The number of fused-ring (bicyclic) bond motifs is 1. The Morgan fingerprint density at radius 2 is 1.50 bits per heavy atom. The second-order valence-corrected chi connectivity index (χ2v) is 14.8. The van der Waals surface area contributed by atoms with Crippen molar-refractivity contribution in [1.29, 1.82) is 0 Å². The number of carbonyl (C=O) groups is 2. The molecule has 10 nitrogen and oxygen atoms in total. The molecule has 3 N–H and O–H groups in total. The lowest BCUT2D eigenvalue weighted by atomic mass is 9.68. The van der Waals surface area contributed by atoms with E-state index in [0.29, 0.717) is 55.0 Å². The number of unbranched alkanes of at least 4 members (excludes halogenated alkanes) is 4. The highest BCUT2D eigenvalue weighted by Crippen LogP contribution is 2.50. The van der Waals surface area contributed by atoms with E-state index in [1.54, 1.807) is 6.07 Å². The van der Waals surface area contributed by atoms with Crippen molar-refractivity contribution in [3.05, 3.63) is 53.6 Å². The summed E-state index contributed by atoms with van der Waals surface area (Å²) in [5.41, 5.74) is 1.56. The molecule has 0 spiro atoms. The van der Waals surface area contributed by atoms with E-state index in [1.807, 2.05) is 55.4 Å². The number of ether oxygens (including phenoxy) is 1. The molecule has 2 aromatic carbocycles. The Morgan fingerprint density at radius 1 is 0.891 bits per heavy atom. The van der Waals surface area contributed by atoms with E-state index in [-0.39, 0.29) is 18.8 Å². The molecule has 3 rings (SSSR count). The van der Waals surface area contributed by atoms with Crippen LogP contribution < -0.4 is 9.64 Å². The second-order valence-electron chi connectivity index (χ2n) is 12.8. The van der Waals surface area contributed by atoms with Gasteiger partial charge >= 0.3 is 11.9 Å². The number of aliphatic hydroxyl groups is 1. The highest BCUT2D eigenvalue weighted by Gasteiger charge is 2.49. The summed E-state index contributed by atoms with van der Waals surface area (Å²) in [6, 6.07) is 13.0. The van der Waals surface area contributed by atoms with Crippen molar-refractivity contribution in [3.63, 3.8) is 0 Å². The van der Waals surface area contributed by atoms with Gasteiger partial charge in [0, 0.05) is 31.1 Å². The SMILES string of the molecule is CCCCC1(CCCC)CS(=O)(=O)c2ccc(N(C)C)cc2[C@@H](c2ccc(OCCCCCN(CC(=O)O)CC(=O)O)cc2)[C@H]1O. The van der Waals surface area contributed by atoms with Crippen LogP contribution in [-0.4, -0.2) is 92.8 Å². The minimum Gasteiger partial charge on any atom is -0.494 e. The summed E-state index contributed by atoms with van der Waals surface area (Å²) in [5.74, 6) is -2.06. The van der Waals surface area contributed by atoms with Gasteiger partial charge in [-0.15, -0.1) is 0 Å². The van der Waals surface area contributed by atoms with Crippen molar-refractivity contribution >= 4 is 27.5 Å². The summed E-state index contributed by atoms with van der Waals surface area (Å²) < 4.78 is 34.0. The largest absolute Gasteiger partial charge is 0.494 e. The number of aliphatic hydroxyl groups excluding tert-OH is 1. The third-order valence-corrected chi connectivity index (χ3v) is 11.0. The Hall–Kier alpha value is -3.15. The van der Waals surface area contributed by atoms with Crippen LogP contribution in [0.1, 0.15) is 88.7 Å². The van der Waals surface area contributed by atoms with Crippen LogP contribution >= 0.6 is 0 Å². The fraction of sp³-hybridized carbons (Fsp3) is 0.600. The summed E-state index contributed by atoms with van der Waals surface area (Å²) >= 11 is 0. The van der Waals surface area contributed by atoms with Crippen LogP contribution in [0.4, 0.5) is 5.69 Å². The van der Waals surface area contributed by atoms with E-state index in [0.717, 1.165) is 43.4 Å². The van der Waals surface area contributed by atoms with E-state index < -0.39 is 39.2 Å². The van der Waals surface area contributed by atoms with Gasteiger partial charge in [-0.3, -0.25) is 14.5 Å². The molecule has 0 fully saturated rings. The Morgan fingerprint density at radius 3 is 2.04 bits per heavy atom. The smallest absolute Gasteiger partial charge is 0.317 e. The number of hydrogen-bond donors (Lipinski definition) is 3. The number of carboxylic acid groups (broad SMARTS) is 2. The molecule has 256 valence electrons. The summed E-state index contributed by atoms with van der Waals surface area (Å²) in [4.78, 5) is 25.6. The Bertz CT molecular complexity index is 1370. The van der Waals surface area contributed by atoms with Crippen LogP contribution in [0.5, 0.6) is 5.75 Å². The predicted molar refractivity (Wildman–Crippen MR) is 180 cm³/mol. The zero-order valence-electron chi connectivity index (χ0n) is 27.8. The molecule has 0 bridgehead atoms. The molecule has 1 aliphatic rings. The second kappa shape index (κ2) is 17.1. The minimum absolute atomic E-state index is 0.0719. The Balaban J connectivity index is 1.83. The van der Waals surface area contributed by atoms with E-state index in [4.69, 9.17) is 14.9 Å². The van der Waals surface area contributed by atoms with Gasteiger partial charge in [-0.25, -0.2) is 8.42 Å². The van der Waals surface area contributed by atoms with E-state index in [2.05, 4.69) is 13.8 Å². The number of hydrogen-bond acceptors (Lipinski definition) is 8. The predicted octanol–water partition coefficient (Wildman–Crippen LogP) is 5.42. The standard InChI is InChI=1S/C35H52N2O8S/c1-5-7-18-35(19-8-6-2)25-46(43,44)30-17-14-27(36(3)4)22-29(30)33(34(35)42)26-12-15-28(16-13-26)45-21-11-9-10-20-37(23-31(38)39)24-32(40)41/h12-17,22,33-34,42H,5-11,18-21,23-25H2,1-4H3,(H,38,39)(H,40,41)/t33-,34-/m1/s1. The first-order chi connectivity index (χ1) is 21.8. The lowest BCUT2D eigenvalue weighted by Crippen LogP contribution is -2.43.